The Morgan fingerprint density at radius 2 is 1.88 bits per heavy atom. The van der Waals surface area contributed by atoms with Crippen molar-refractivity contribution in [1.82, 2.24) is 0 Å². The Morgan fingerprint density at radius 3 is 2.56 bits per heavy atom. The maximum Gasteiger partial charge on any atom is 0.305 e. The van der Waals surface area contributed by atoms with Gasteiger partial charge in [-0.1, -0.05) is 12.1 Å². The minimum Gasteiger partial charge on any atom is -0.490 e. The maximum atomic E-state index is 11.0. The SMILES string of the molecule is CCOc1ccccc1Oc1ccc(N2CCCC2CC(=O)O)cc1. The average Bonchev–Trinajstić information content (AvgIpc) is 3.05. The van der Waals surface area contributed by atoms with E-state index in [9.17, 15) is 4.79 Å². The van der Waals surface area contributed by atoms with E-state index < -0.39 is 5.97 Å². The second-order valence-corrected chi connectivity index (χ2v) is 6.06. The van der Waals surface area contributed by atoms with Gasteiger partial charge in [-0.2, -0.15) is 0 Å². The molecule has 0 aromatic heterocycles. The van der Waals surface area contributed by atoms with E-state index in [1.165, 1.54) is 0 Å². The highest BCUT2D eigenvalue weighted by Gasteiger charge is 2.26. The van der Waals surface area contributed by atoms with Crippen LogP contribution in [0.15, 0.2) is 48.5 Å². The van der Waals surface area contributed by atoms with Gasteiger partial charge in [-0.15, -0.1) is 0 Å². The Hall–Kier alpha value is -2.69. The fraction of sp³-hybridized carbons (Fsp3) is 0.350. The van der Waals surface area contributed by atoms with Crippen LogP contribution in [0.4, 0.5) is 5.69 Å². The van der Waals surface area contributed by atoms with Crippen LogP contribution in [0.25, 0.3) is 0 Å². The van der Waals surface area contributed by atoms with Crippen LogP contribution in [-0.2, 0) is 4.79 Å². The molecule has 1 N–H and O–H groups in total. The molecule has 5 nitrogen and oxygen atoms in total. The molecule has 0 spiro atoms. The Morgan fingerprint density at radius 1 is 1.16 bits per heavy atom. The van der Waals surface area contributed by atoms with E-state index in [1.54, 1.807) is 0 Å². The Bertz CT molecular complexity index is 714. The summed E-state index contributed by atoms with van der Waals surface area (Å²) in [5.74, 6) is 1.38. The minimum atomic E-state index is -0.746. The molecule has 0 amide bonds. The number of benzene rings is 2. The van der Waals surface area contributed by atoms with E-state index in [4.69, 9.17) is 14.6 Å². The fourth-order valence-corrected chi connectivity index (χ4v) is 3.23. The van der Waals surface area contributed by atoms with Gasteiger partial charge in [0.2, 0.25) is 0 Å². The van der Waals surface area contributed by atoms with Crippen LogP contribution >= 0.6 is 0 Å². The number of carbonyl (C=O) groups is 1. The Kier molecular flexibility index (Phi) is 5.43. The van der Waals surface area contributed by atoms with Crippen LogP contribution in [0.2, 0.25) is 0 Å². The lowest BCUT2D eigenvalue weighted by Crippen LogP contribution is -2.31. The molecule has 0 aliphatic carbocycles. The van der Waals surface area contributed by atoms with Gasteiger partial charge in [0, 0.05) is 18.3 Å². The second-order valence-electron chi connectivity index (χ2n) is 6.06. The smallest absolute Gasteiger partial charge is 0.305 e. The highest BCUT2D eigenvalue weighted by Crippen LogP contribution is 2.33. The Balaban J connectivity index is 1.71. The highest BCUT2D eigenvalue weighted by molar-refractivity contribution is 5.69. The molecule has 132 valence electrons. The molecule has 1 fully saturated rings. The molecule has 2 aromatic carbocycles. The van der Waals surface area contributed by atoms with Crippen molar-refractivity contribution in [3.8, 4) is 17.2 Å². The number of para-hydroxylation sites is 2. The van der Waals surface area contributed by atoms with Crippen molar-refractivity contribution >= 4 is 11.7 Å². The van der Waals surface area contributed by atoms with Crippen molar-refractivity contribution < 1.29 is 19.4 Å². The third-order valence-corrected chi connectivity index (χ3v) is 4.33. The molecule has 5 heteroatoms. The largest absolute Gasteiger partial charge is 0.490 e. The number of carboxylic acids is 1. The van der Waals surface area contributed by atoms with E-state index in [0.29, 0.717) is 12.4 Å². The van der Waals surface area contributed by atoms with Gasteiger partial charge in [-0.25, -0.2) is 0 Å². The van der Waals surface area contributed by atoms with E-state index >= 15 is 0 Å². The van der Waals surface area contributed by atoms with Crippen LogP contribution < -0.4 is 14.4 Å². The standard InChI is InChI=1S/C20H23NO4/c1-2-24-18-7-3-4-8-19(18)25-17-11-9-15(10-12-17)21-13-5-6-16(21)14-20(22)23/h3-4,7-12,16H,2,5-6,13-14H2,1H3,(H,22,23). The topological polar surface area (TPSA) is 59.0 Å². The van der Waals surface area contributed by atoms with Crippen molar-refractivity contribution in [2.24, 2.45) is 0 Å². The van der Waals surface area contributed by atoms with Gasteiger partial charge >= 0.3 is 5.97 Å². The molecule has 2 aromatic rings. The van der Waals surface area contributed by atoms with Gasteiger partial charge < -0.3 is 19.5 Å². The lowest BCUT2D eigenvalue weighted by Gasteiger charge is -2.25. The van der Waals surface area contributed by atoms with E-state index in [1.807, 2.05) is 55.5 Å². The summed E-state index contributed by atoms with van der Waals surface area (Å²) in [6, 6.07) is 15.4. The van der Waals surface area contributed by atoms with Crippen LogP contribution in [0.1, 0.15) is 26.2 Å². The zero-order chi connectivity index (χ0) is 17.6. The van der Waals surface area contributed by atoms with E-state index in [0.717, 1.165) is 36.6 Å². The predicted molar refractivity (Wildman–Crippen MR) is 96.7 cm³/mol. The molecule has 1 saturated heterocycles. The first-order chi connectivity index (χ1) is 12.2. The number of hydrogen-bond donors (Lipinski definition) is 1. The van der Waals surface area contributed by atoms with Gasteiger partial charge in [-0.3, -0.25) is 4.79 Å². The average molecular weight is 341 g/mol. The van der Waals surface area contributed by atoms with Crippen LogP contribution in [0, 0.1) is 0 Å². The molecule has 25 heavy (non-hydrogen) atoms. The lowest BCUT2D eigenvalue weighted by molar-refractivity contribution is -0.137. The van der Waals surface area contributed by atoms with Gasteiger partial charge in [0.1, 0.15) is 5.75 Å². The van der Waals surface area contributed by atoms with Gasteiger partial charge in [0.15, 0.2) is 11.5 Å². The summed E-state index contributed by atoms with van der Waals surface area (Å²) >= 11 is 0. The quantitative estimate of drug-likeness (QED) is 0.813. The molecule has 1 unspecified atom stereocenters. The summed E-state index contributed by atoms with van der Waals surface area (Å²) in [6.07, 6.45) is 2.13. The maximum absolute atomic E-state index is 11.0. The molecule has 1 heterocycles. The summed E-state index contributed by atoms with van der Waals surface area (Å²) in [4.78, 5) is 13.2. The first kappa shape index (κ1) is 17.1. The number of aliphatic carboxylic acids is 1. The molecule has 0 radical (unpaired) electrons. The monoisotopic (exact) mass is 341 g/mol. The second kappa shape index (κ2) is 7.92. The number of ether oxygens (including phenoxy) is 2. The molecule has 0 saturated carbocycles. The Labute approximate surface area is 147 Å². The third-order valence-electron chi connectivity index (χ3n) is 4.33. The van der Waals surface area contributed by atoms with Crippen molar-refractivity contribution in [2.75, 3.05) is 18.1 Å². The number of anilines is 1. The number of rotatable bonds is 7. The summed E-state index contributed by atoms with van der Waals surface area (Å²) in [6.45, 7) is 3.42. The van der Waals surface area contributed by atoms with Crippen molar-refractivity contribution in [3.63, 3.8) is 0 Å². The van der Waals surface area contributed by atoms with Crippen molar-refractivity contribution in [1.29, 1.82) is 0 Å². The number of hydrogen-bond acceptors (Lipinski definition) is 4. The fourth-order valence-electron chi connectivity index (χ4n) is 3.23. The molecule has 0 bridgehead atoms. The van der Waals surface area contributed by atoms with E-state index in [-0.39, 0.29) is 12.5 Å². The molecule has 1 aliphatic rings. The highest BCUT2D eigenvalue weighted by atomic mass is 16.5. The lowest BCUT2D eigenvalue weighted by atomic mass is 10.1. The summed E-state index contributed by atoms with van der Waals surface area (Å²) in [5.41, 5.74) is 1.04. The first-order valence-corrected chi connectivity index (χ1v) is 8.65. The third kappa shape index (κ3) is 4.24. The predicted octanol–water partition coefficient (Wildman–Crippen LogP) is 4.32. The summed E-state index contributed by atoms with van der Waals surface area (Å²) < 4.78 is 11.5. The molecule has 1 atom stereocenters. The molecular weight excluding hydrogens is 318 g/mol. The van der Waals surface area contributed by atoms with Crippen LogP contribution in [0.3, 0.4) is 0 Å². The zero-order valence-corrected chi connectivity index (χ0v) is 14.4. The minimum absolute atomic E-state index is 0.0722. The normalized spacial score (nSPS) is 16.7. The van der Waals surface area contributed by atoms with Crippen LogP contribution in [0.5, 0.6) is 17.2 Å². The molecular formula is C20H23NO4. The van der Waals surface area contributed by atoms with Crippen molar-refractivity contribution in [3.05, 3.63) is 48.5 Å². The van der Waals surface area contributed by atoms with Crippen molar-refractivity contribution in [2.45, 2.75) is 32.2 Å². The first-order valence-electron chi connectivity index (χ1n) is 8.65. The zero-order valence-electron chi connectivity index (χ0n) is 14.4. The van der Waals surface area contributed by atoms with E-state index in [2.05, 4.69) is 4.90 Å². The van der Waals surface area contributed by atoms with Gasteiger partial charge in [-0.05, 0) is 56.2 Å². The summed E-state index contributed by atoms with van der Waals surface area (Å²) in [5, 5.41) is 9.06. The van der Waals surface area contributed by atoms with Gasteiger partial charge in [0.25, 0.3) is 0 Å². The molecule has 1 aliphatic heterocycles. The summed E-state index contributed by atoms with van der Waals surface area (Å²) in [7, 11) is 0. The van der Waals surface area contributed by atoms with Gasteiger partial charge in [0.05, 0.1) is 13.0 Å². The van der Waals surface area contributed by atoms with Crippen LogP contribution in [-0.4, -0.2) is 30.3 Å². The number of carboxylic acid groups (broad SMARTS) is 1. The number of nitrogens with zero attached hydrogens (tertiary/aromatic N) is 1. The molecule has 3 rings (SSSR count).